The molecule has 0 aliphatic heterocycles. The first-order valence-corrected chi connectivity index (χ1v) is 13.0. The summed E-state index contributed by atoms with van der Waals surface area (Å²) in [5.74, 6) is -3.01. The van der Waals surface area contributed by atoms with E-state index in [-0.39, 0.29) is 25.7 Å². The Hall–Kier alpha value is -3.82. The lowest BCUT2D eigenvalue weighted by Gasteiger charge is -2.25. The molecular formula is C24H40N10O5. The van der Waals surface area contributed by atoms with Crippen LogP contribution in [0.1, 0.15) is 49.9 Å². The summed E-state index contributed by atoms with van der Waals surface area (Å²) < 4.78 is 0. The summed E-state index contributed by atoms with van der Waals surface area (Å²) in [6, 6.07) is -4.22. The van der Waals surface area contributed by atoms with Crippen molar-refractivity contribution in [1.29, 1.82) is 0 Å². The third-order valence-corrected chi connectivity index (χ3v) is 6.08. The summed E-state index contributed by atoms with van der Waals surface area (Å²) in [4.78, 5) is 64.6. The second kappa shape index (κ2) is 16.9. The van der Waals surface area contributed by atoms with Gasteiger partial charge in [-0.25, -0.2) is 14.8 Å². The average molecular weight is 549 g/mol. The first-order chi connectivity index (χ1) is 18.7. The van der Waals surface area contributed by atoms with E-state index in [1.807, 2.05) is 0 Å². The molecule has 4 atom stereocenters. The second-order valence-corrected chi connectivity index (χ2v) is 9.26. The molecule has 216 valence electrons. The smallest absolute Gasteiger partial charge is 0.326 e. The number of hydrogen-bond donors (Lipinski definition) is 9. The Kier molecular flexibility index (Phi) is 13.6. The number of unbranched alkanes of at least 4 members (excludes halogenated alkanes) is 2. The second-order valence-electron chi connectivity index (χ2n) is 9.26. The highest BCUT2D eigenvalue weighted by Gasteiger charge is 2.30. The first kappa shape index (κ1) is 31.4. The van der Waals surface area contributed by atoms with Crippen LogP contribution in [0.2, 0.25) is 0 Å². The number of rotatable bonds is 19. The van der Waals surface area contributed by atoms with Gasteiger partial charge in [0.2, 0.25) is 17.7 Å². The van der Waals surface area contributed by atoms with Gasteiger partial charge < -0.3 is 48.2 Å². The molecule has 12 N–H and O–H groups in total. The predicted octanol–water partition coefficient (Wildman–Crippen LogP) is -1.96. The number of imidazole rings is 2. The number of hydrogen-bond acceptors (Lipinski definition) is 9. The number of nitrogens with one attached hydrogen (secondary N) is 5. The molecule has 0 aliphatic rings. The average Bonchev–Trinajstić information content (AvgIpc) is 3.61. The Morgan fingerprint density at radius 1 is 0.744 bits per heavy atom. The maximum Gasteiger partial charge on any atom is 0.326 e. The van der Waals surface area contributed by atoms with Crippen LogP contribution < -0.4 is 33.2 Å². The number of carboxylic acids is 1. The highest BCUT2D eigenvalue weighted by atomic mass is 16.4. The molecule has 0 spiro atoms. The van der Waals surface area contributed by atoms with Crippen molar-refractivity contribution in [2.75, 3.05) is 13.1 Å². The Balaban J connectivity index is 2.14. The van der Waals surface area contributed by atoms with Gasteiger partial charge in [0.15, 0.2) is 0 Å². The minimum absolute atomic E-state index is 0.0579. The van der Waals surface area contributed by atoms with Crippen LogP contribution in [-0.4, -0.2) is 86.0 Å². The molecule has 0 fully saturated rings. The minimum atomic E-state index is -1.18. The summed E-state index contributed by atoms with van der Waals surface area (Å²) in [7, 11) is 0. The van der Waals surface area contributed by atoms with Gasteiger partial charge in [-0.15, -0.1) is 0 Å². The van der Waals surface area contributed by atoms with Crippen LogP contribution in [-0.2, 0) is 32.0 Å². The Morgan fingerprint density at radius 3 is 1.74 bits per heavy atom. The molecule has 0 radical (unpaired) electrons. The third-order valence-electron chi connectivity index (χ3n) is 6.08. The van der Waals surface area contributed by atoms with Crippen molar-refractivity contribution in [3.8, 4) is 0 Å². The van der Waals surface area contributed by atoms with Crippen molar-refractivity contribution in [2.24, 2.45) is 17.2 Å². The summed E-state index contributed by atoms with van der Waals surface area (Å²) >= 11 is 0. The molecule has 4 unspecified atom stereocenters. The van der Waals surface area contributed by atoms with E-state index in [2.05, 4.69) is 35.9 Å². The molecule has 2 rings (SSSR count). The number of nitrogens with two attached hydrogens (primary N) is 3. The lowest BCUT2D eigenvalue weighted by molar-refractivity contribution is -0.142. The molecule has 15 heteroatoms. The molecule has 0 aromatic carbocycles. The van der Waals surface area contributed by atoms with Gasteiger partial charge in [-0.1, -0.05) is 0 Å². The molecule has 0 bridgehead atoms. The number of aliphatic carboxylic acids is 1. The zero-order chi connectivity index (χ0) is 28.6. The van der Waals surface area contributed by atoms with Crippen molar-refractivity contribution >= 4 is 23.7 Å². The highest BCUT2D eigenvalue weighted by Crippen LogP contribution is 2.07. The highest BCUT2D eigenvalue weighted by molar-refractivity contribution is 5.94. The van der Waals surface area contributed by atoms with Crippen molar-refractivity contribution in [3.63, 3.8) is 0 Å². The number of nitrogens with zero attached hydrogens (tertiary/aromatic N) is 2. The van der Waals surface area contributed by atoms with Crippen molar-refractivity contribution in [1.82, 2.24) is 35.9 Å². The van der Waals surface area contributed by atoms with E-state index in [0.29, 0.717) is 50.2 Å². The lowest BCUT2D eigenvalue weighted by Crippen LogP contribution is -2.57. The van der Waals surface area contributed by atoms with Gasteiger partial charge in [0.05, 0.1) is 18.7 Å². The van der Waals surface area contributed by atoms with Gasteiger partial charge in [0.1, 0.15) is 18.1 Å². The summed E-state index contributed by atoms with van der Waals surface area (Å²) in [6.45, 7) is 0.804. The third kappa shape index (κ3) is 11.2. The van der Waals surface area contributed by atoms with Crippen LogP contribution in [0.25, 0.3) is 0 Å². The fraction of sp³-hybridized carbons (Fsp3) is 0.583. The largest absolute Gasteiger partial charge is 0.480 e. The lowest BCUT2D eigenvalue weighted by atomic mass is 10.0. The fourth-order valence-corrected chi connectivity index (χ4v) is 3.89. The molecule has 0 saturated carbocycles. The molecule has 0 saturated heterocycles. The molecule has 2 heterocycles. The number of carbonyl (C=O) groups is 4. The van der Waals surface area contributed by atoms with Gasteiger partial charge >= 0.3 is 5.97 Å². The number of aromatic nitrogens is 4. The Labute approximate surface area is 226 Å². The van der Waals surface area contributed by atoms with E-state index >= 15 is 0 Å². The summed E-state index contributed by atoms with van der Waals surface area (Å²) in [5, 5.41) is 17.4. The van der Waals surface area contributed by atoms with Gasteiger partial charge in [-0.05, 0) is 51.6 Å². The minimum Gasteiger partial charge on any atom is -0.480 e. The summed E-state index contributed by atoms with van der Waals surface area (Å²) in [5.41, 5.74) is 18.3. The Morgan fingerprint density at radius 2 is 1.23 bits per heavy atom. The van der Waals surface area contributed by atoms with Gasteiger partial charge in [-0.3, -0.25) is 14.4 Å². The monoisotopic (exact) mass is 548 g/mol. The van der Waals surface area contributed by atoms with Crippen LogP contribution in [0.5, 0.6) is 0 Å². The molecular weight excluding hydrogens is 508 g/mol. The van der Waals surface area contributed by atoms with Gasteiger partial charge in [0.25, 0.3) is 0 Å². The number of H-pyrrole nitrogens is 2. The van der Waals surface area contributed by atoms with E-state index in [9.17, 15) is 24.3 Å². The van der Waals surface area contributed by atoms with Crippen molar-refractivity contribution in [3.05, 3.63) is 36.4 Å². The van der Waals surface area contributed by atoms with Gasteiger partial charge in [-0.2, -0.15) is 0 Å². The molecule has 2 aromatic rings. The van der Waals surface area contributed by atoms with Crippen LogP contribution in [0.15, 0.2) is 25.0 Å². The summed E-state index contributed by atoms with van der Waals surface area (Å²) in [6.07, 6.45) is 8.91. The van der Waals surface area contributed by atoms with Crippen molar-refractivity contribution < 1.29 is 24.3 Å². The maximum atomic E-state index is 13.4. The standard InChI is InChI=1S/C24H40N10O5/c25-7-3-1-5-18(22(36)33-19(24(38)39)6-2-4-8-26)32-23(37)20(10-16-12-29-14-31-16)34-21(35)17(27)9-15-11-28-13-30-15/h11-14,17-20H,1-10,25-27H2,(H,28,30)(H,29,31)(H,32,37)(H,33,36)(H,34,35)(H,38,39). The number of carbonyl (C=O) groups excluding carboxylic acids is 3. The normalized spacial score (nSPS) is 14.1. The van der Waals surface area contributed by atoms with Crippen LogP contribution in [0.4, 0.5) is 0 Å². The van der Waals surface area contributed by atoms with Crippen LogP contribution in [0, 0.1) is 0 Å². The van der Waals surface area contributed by atoms with Gasteiger partial charge in [0, 0.05) is 36.6 Å². The Bertz CT molecular complexity index is 1010. The predicted molar refractivity (Wildman–Crippen MR) is 142 cm³/mol. The maximum absolute atomic E-state index is 13.4. The fourth-order valence-electron chi connectivity index (χ4n) is 3.89. The van der Waals surface area contributed by atoms with E-state index < -0.39 is 47.9 Å². The van der Waals surface area contributed by atoms with Crippen LogP contribution >= 0.6 is 0 Å². The molecule has 2 aromatic heterocycles. The van der Waals surface area contributed by atoms with E-state index in [0.717, 1.165) is 0 Å². The SMILES string of the molecule is NCCCCC(NC(=O)C(CCCCN)NC(=O)C(Cc1cnc[nH]1)NC(=O)C(N)Cc1cnc[nH]1)C(=O)O. The zero-order valence-electron chi connectivity index (χ0n) is 21.9. The van der Waals surface area contributed by atoms with E-state index in [1.54, 1.807) is 6.20 Å². The quantitative estimate of drug-likeness (QED) is 0.0875. The van der Waals surface area contributed by atoms with Crippen LogP contribution in [0.3, 0.4) is 0 Å². The topological polar surface area (TPSA) is 260 Å². The zero-order valence-corrected chi connectivity index (χ0v) is 21.9. The molecule has 15 nitrogen and oxygen atoms in total. The first-order valence-electron chi connectivity index (χ1n) is 13.0. The number of carboxylic acid groups (broad SMARTS) is 1. The molecule has 39 heavy (non-hydrogen) atoms. The van der Waals surface area contributed by atoms with Crippen molar-refractivity contribution in [2.45, 2.75) is 75.5 Å². The number of aromatic amines is 2. The number of amides is 3. The molecule has 3 amide bonds. The molecule has 0 aliphatic carbocycles. The van der Waals surface area contributed by atoms with E-state index in [1.165, 1.54) is 18.9 Å². The van der Waals surface area contributed by atoms with E-state index in [4.69, 9.17) is 17.2 Å².